The largest absolute Gasteiger partial charge is 0.421 e. The molecule has 3 aromatic heterocycles. The van der Waals surface area contributed by atoms with Crippen LogP contribution < -0.4 is 5.56 Å². The Morgan fingerprint density at radius 3 is 2.45 bits per heavy atom. The SMILES string of the molecule is O=C(Cn1cccc(C(F)(F)F)c1=O)N1CCC(c2nc(-n3ccc(-c4c(Cl)cccc4Cl)n3)cs2)CC1. The van der Waals surface area contributed by atoms with Gasteiger partial charge in [-0.2, -0.15) is 18.3 Å². The number of halogens is 5. The number of benzene rings is 1. The van der Waals surface area contributed by atoms with Gasteiger partial charge in [-0.3, -0.25) is 9.59 Å². The van der Waals surface area contributed by atoms with E-state index in [2.05, 4.69) is 5.10 Å². The number of carbonyl (C=O) groups is 1. The van der Waals surface area contributed by atoms with Gasteiger partial charge in [0.2, 0.25) is 5.91 Å². The molecule has 198 valence electrons. The molecule has 7 nitrogen and oxygen atoms in total. The second kappa shape index (κ2) is 10.5. The van der Waals surface area contributed by atoms with Crippen LogP contribution in [0.15, 0.2) is 59.0 Å². The zero-order valence-corrected chi connectivity index (χ0v) is 22.0. The van der Waals surface area contributed by atoms with Crippen LogP contribution in [0.3, 0.4) is 0 Å². The molecule has 38 heavy (non-hydrogen) atoms. The summed E-state index contributed by atoms with van der Waals surface area (Å²) in [5.74, 6) is 0.385. The molecule has 0 bridgehead atoms. The zero-order chi connectivity index (χ0) is 27.0. The summed E-state index contributed by atoms with van der Waals surface area (Å²) in [7, 11) is 0. The lowest BCUT2D eigenvalue weighted by Gasteiger charge is -2.31. The average molecular weight is 582 g/mol. The molecule has 1 saturated heterocycles. The van der Waals surface area contributed by atoms with E-state index in [1.54, 1.807) is 34.0 Å². The Labute approximate surface area is 229 Å². The molecular formula is C25H20Cl2F3N5O2S. The first-order valence-electron chi connectivity index (χ1n) is 11.6. The Morgan fingerprint density at radius 2 is 1.76 bits per heavy atom. The quantitative estimate of drug-likeness (QED) is 0.294. The summed E-state index contributed by atoms with van der Waals surface area (Å²) in [5, 5.41) is 8.39. The normalized spacial score (nSPS) is 14.7. The second-order valence-corrected chi connectivity index (χ2v) is 10.5. The molecule has 5 rings (SSSR count). The van der Waals surface area contributed by atoms with Crippen molar-refractivity contribution in [2.24, 2.45) is 0 Å². The van der Waals surface area contributed by atoms with Crippen molar-refractivity contribution in [3.63, 3.8) is 0 Å². The van der Waals surface area contributed by atoms with Crippen LogP contribution in [0.5, 0.6) is 0 Å². The monoisotopic (exact) mass is 581 g/mol. The van der Waals surface area contributed by atoms with Crippen molar-refractivity contribution in [3.05, 3.63) is 85.1 Å². The number of piperidine rings is 1. The average Bonchev–Trinajstić information content (AvgIpc) is 3.55. The van der Waals surface area contributed by atoms with Gasteiger partial charge in [0.15, 0.2) is 5.82 Å². The number of carbonyl (C=O) groups excluding carboxylic acids is 1. The van der Waals surface area contributed by atoms with E-state index in [4.69, 9.17) is 28.2 Å². The van der Waals surface area contributed by atoms with Crippen molar-refractivity contribution in [2.45, 2.75) is 31.5 Å². The molecule has 1 fully saturated rings. The minimum atomic E-state index is -4.77. The second-order valence-electron chi connectivity index (χ2n) is 8.79. The highest BCUT2D eigenvalue weighted by molar-refractivity contribution is 7.10. The van der Waals surface area contributed by atoms with Gasteiger partial charge >= 0.3 is 6.18 Å². The number of rotatable bonds is 5. The molecule has 4 aromatic rings. The Hall–Kier alpha value is -3.15. The first-order chi connectivity index (χ1) is 18.1. The minimum absolute atomic E-state index is 0.127. The maximum Gasteiger partial charge on any atom is 0.421 e. The first kappa shape index (κ1) is 26.5. The van der Waals surface area contributed by atoms with Gasteiger partial charge in [-0.1, -0.05) is 29.3 Å². The Bertz CT molecular complexity index is 1520. The fourth-order valence-electron chi connectivity index (χ4n) is 4.40. The third kappa shape index (κ3) is 5.36. The first-order valence-corrected chi connectivity index (χ1v) is 13.3. The molecule has 0 atom stereocenters. The van der Waals surface area contributed by atoms with Crippen molar-refractivity contribution in [1.29, 1.82) is 0 Å². The molecule has 1 aromatic carbocycles. The van der Waals surface area contributed by atoms with Crippen LogP contribution >= 0.6 is 34.5 Å². The molecule has 0 spiro atoms. The molecule has 1 aliphatic rings. The van der Waals surface area contributed by atoms with Gasteiger partial charge in [0.05, 0.1) is 20.7 Å². The number of hydrogen-bond acceptors (Lipinski definition) is 5. The molecule has 4 heterocycles. The van der Waals surface area contributed by atoms with Gasteiger partial charge in [0, 0.05) is 42.3 Å². The summed E-state index contributed by atoms with van der Waals surface area (Å²) in [6.07, 6.45) is -0.497. The van der Waals surface area contributed by atoms with E-state index in [1.807, 2.05) is 11.4 Å². The van der Waals surface area contributed by atoms with Gasteiger partial charge < -0.3 is 9.47 Å². The number of thiazole rings is 1. The van der Waals surface area contributed by atoms with E-state index in [-0.39, 0.29) is 5.92 Å². The van der Waals surface area contributed by atoms with Gasteiger partial charge in [0.1, 0.15) is 12.1 Å². The van der Waals surface area contributed by atoms with Crippen molar-refractivity contribution in [3.8, 4) is 17.1 Å². The van der Waals surface area contributed by atoms with Gasteiger partial charge in [0.25, 0.3) is 5.56 Å². The molecule has 1 aliphatic heterocycles. The maximum absolute atomic E-state index is 13.0. The fourth-order valence-corrected chi connectivity index (χ4v) is 5.95. The number of pyridine rings is 1. The Kier molecular flexibility index (Phi) is 7.34. The van der Waals surface area contributed by atoms with Crippen molar-refractivity contribution >= 4 is 40.4 Å². The topological polar surface area (TPSA) is 73.0 Å². The van der Waals surface area contributed by atoms with Gasteiger partial charge in [-0.05, 0) is 43.2 Å². The number of likely N-dealkylation sites (tertiary alicyclic amines) is 1. The lowest BCUT2D eigenvalue weighted by Crippen LogP contribution is -2.41. The molecule has 0 aliphatic carbocycles. The number of aromatic nitrogens is 4. The van der Waals surface area contributed by atoms with Crippen molar-refractivity contribution < 1.29 is 18.0 Å². The molecule has 13 heteroatoms. The third-order valence-electron chi connectivity index (χ3n) is 6.38. The van der Waals surface area contributed by atoms with Crippen LogP contribution in [0, 0.1) is 0 Å². The summed E-state index contributed by atoms with van der Waals surface area (Å²) >= 11 is 14.1. The summed E-state index contributed by atoms with van der Waals surface area (Å²) in [4.78, 5) is 31.2. The number of amides is 1. The van der Waals surface area contributed by atoms with E-state index in [9.17, 15) is 22.8 Å². The molecular weight excluding hydrogens is 562 g/mol. The van der Waals surface area contributed by atoms with Crippen molar-refractivity contribution in [1.82, 2.24) is 24.2 Å². The molecule has 0 N–H and O–H groups in total. The number of hydrogen-bond donors (Lipinski definition) is 0. The van der Waals surface area contributed by atoms with Crippen molar-refractivity contribution in [2.75, 3.05) is 13.1 Å². The number of nitrogens with zero attached hydrogens (tertiary/aromatic N) is 5. The smallest absolute Gasteiger partial charge is 0.341 e. The maximum atomic E-state index is 13.0. The standard InChI is InChI=1S/C25H20Cl2F3N5O2S/c26-17-4-1-5-18(27)22(17)19-8-12-35(32-19)20-14-38-23(31-20)15-6-10-33(11-7-15)21(36)13-34-9-2-3-16(24(34)37)25(28,29)30/h1-5,8-9,12,14-15H,6-7,10-11,13H2. The fraction of sp³-hybridized carbons (Fsp3) is 0.280. The Balaban J connectivity index is 1.22. The highest BCUT2D eigenvalue weighted by Crippen LogP contribution is 2.35. The van der Waals surface area contributed by atoms with E-state index in [0.29, 0.717) is 59.1 Å². The van der Waals surface area contributed by atoms with Crippen LogP contribution in [0.25, 0.3) is 17.1 Å². The van der Waals surface area contributed by atoms with E-state index in [0.717, 1.165) is 15.6 Å². The zero-order valence-electron chi connectivity index (χ0n) is 19.7. The van der Waals surface area contributed by atoms with E-state index in [1.165, 1.54) is 17.5 Å². The van der Waals surface area contributed by atoms with E-state index >= 15 is 0 Å². The molecule has 0 unspecified atom stereocenters. The minimum Gasteiger partial charge on any atom is -0.341 e. The van der Waals surface area contributed by atoms with Crippen LogP contribution in [0.4, 0.5) is 13.2 Å². The van der Waals surface area contributed by atoms with Crippen LogP contribution in [-0.2, 0) is 17.5 Å². The predicted molar refractivity (Wildman–Crippen MR) is 139 cm³/mol. The highest BCUT2D eigenvalue weighted by Gasteiger charge is 2.34. The van der Waals surface area contributed by atoms with Gasteiger partial charge in [-0.15, -0.1) is 11.3 Å². The van der Waals surface area contributed by atoms with E-state index < -0.39 is 29.8 Å². The Morgan fingerprint density at radius 1 is 1.05 bits per heavy atom. The summed E-state index contributed by atoms with van der Waals surface area (Å²) in [5.41, 5.74) is -1.24. The molecule has 1 amide bonds. The van der Waals surface area contributed by atoms with Crippen LogP contribution in [-0.4, -0.2) is 43.2 Å². The summed E-state index contributed by atoms with van der Waals surface area (Å²) in [6.45, 7) is 0.401. The third-order valence-corrected chi connectivity index (χ3v) is 8.01. The van der Waals surface area contributed by atoms with Crippen LogP contribution in [0.2, 0.25) is 10.0 Å². The summed E-state index contributed by atoms with van der Waals surface area (Å²) < 4.78 is 41.5. The lowest BCUT2D eigenvalue weighted by molar-refractivity contribution is -0.139. The lowest BCUT2D eigenvalue weighted by atomic mass is 9.97. The van der Waals surface area contributed by atoms with Crippen LogP contribution in [0.1, 0.15) is 29.3 Å². The predicted octanol–water partition coefficient (Wildman–Crippen LogP) is 5.89. The summed E-state index contributed by atoms with van der Waals surface area (Å²) in [6, 6.07) is 8.91. The molecule has 0 radical (unpaired) electrons. The number of alkyl halides is 3. The molecule has 0 saturated carbocycles. The highest BCUT2D eigenvalue weighted by atomic mass is 35.5. The van der Waals surface area contributed by atoms with Gasteiger partial charge in [-0.25, -0.2) is 9.67 Å².